The topological polar surface area (TPSA) is 46.3 Å². The van der Waals surface area contributed by atoms with E-state index in [1.807, 2.05) is 47.4 Å². The molecule has 108 valence electrons. The number of carbonyl (C=O) groups excluding carboxylic acids is 1. The van der Waals surface area contributed by atoms with Crippen LogP contribution in [0.15, 0.2) is 54.6 Å². The van der Waals surface area contributed by atoms with Gasteiger partial charge >= 0.3 is 0 Å². The lowest BCUT2D eigenvalue weighted by Crippen LogP contribution is -2.45. The highest BCUT2D eigenvalue weighted by atomic mass is 16.2. The van der Waals surface area contributed by atoms with Crippen LogP contribution in [0, 0.1) is 0 Å². The molecule has 1 amide bonds. The van der Waals surface area contributed by atoms with Gasteiger partial charge in [-0.1, -0.05) is 42.5 Å². The van der Waals surface area contributed by atoms with E-state index in [1.54, 1.807) is 0 Å². The molecule has 21 heavy (non-hydrogen) atoms. The highest BCUT2D eigenvalue weighted by molar-refractivity contribution is 5.94. The highest BCUT2D eigenvalue weighted by Gasteiger charge is 2.22. The number of hydrogen-bond acceptors (Lipinski definition) is 2. The minimum atomic E-state index is 0.0877. The average molecular weight is 280 g/mol. The normalized spacial score (nSPS) is 18.5. The van der Waals surface area contributed by atoms with Crippen molar-refractivity contribution in [2.75, 3.05) is 13.1 Å². The second-order valence-electron chi connectivity index (χ2n) is 5.60. The van der Waals surface area contributed by atoms with E-state index in [0.717, 1.165) is 36.1 Å². The third kappa shape index (κ3) is 3.14. The first-order valence-electron chi connectivity index (χ1n) is 7.44. The number of piperidine rings is 1. The van der Waals surface area contributed by atoms with Crippen LogP contribution in [0.4, 0.5) is 0 Å². The third-order valence-electron chi connectivity index (χ3n) is 3.98. The third-order valence-corrected chi connectivity index (χ3v) is 3.98. The minimum absolute atomic E-state index is 0.0877. The number of hydrogen-bond donors (Lipinski definition) is 1. The Kier molecular flexibility index (Phi) is 4.02. The Morgan fingerprint density at radius 3 is 2.33 bits per heavy atom. The molecule has 0 bridgehead atoms. The number of rotatable bonds is 2. The maximum atomic E-state index is 12.5. The van der Waals surface area contributed by atoms with Gasteiger partial charge in [-0.05, 0) is 36.1 Å². The van der Waals surface area contributed by atoms with Gasteiger partial charge in [0.05, 0.1) is 0 Å². The zero-order valence-corrected chi connectivity index (χ0v) is 12.0. The molecule has 3 heteroatoms. The molecule has 0 aromatic heterocycles. The Labute approximate surface area is 125 Å². The molecule has 1 aliphatic heterocycles. The summed E-state index contributed by atoms with van der Waals surface area (Å²) >= 11 is 0. The van der Waals surface area contributed by atoms with E-state index in [0.29, 0.717) is 6.54 Å². The van der Waals surface area contributed by atoms with Gasteiger partial charge in [-0.25, -0.2) is 0 Å². The Bertz CT molecular complexity index is 607. The van der Waals surface area contributed by atoms with Gasteiger partial charge in [-0.15, -0.1) is 0 Å². The van der Waals surface area contributed by atoms with Crippen molar-refractivity contribution in [2.24, 2.45) is 5.73 Å². The first kappa shape index (κ1) is 13.8. The van der Waals surface area contributed by atoms with Crippen LogP contribution in [0.5, 0.6) is 0 Å². The molecule has 0 radical (unpaired) electrons. The van der Waals surface area contributed by atoms with E-state index < -0.39 is 0 Å². The Morgan fingerprint density at radius 1 is 1.00 bits per heavy atom. The van der Waals surface area contributed by atoms with Gasteiger partial charge in [0.2, 0.25) is 0 Å². The number of nitrogens with two attached hydrogens (primary N) is 1. The number of nitrogens with zero attached hydrogens (tertiary/aromatic N) is 1. The number of benzene rings is 2. The van der Waals surface area contributed by atoms with Gasteiger partial charge < -0.3 is 10.6 Å². The van der Waals surface area contributed by atoms with Gasteiger partial charge in [-0.2, -0.15) is 0 Å². The Morgan fingerprint density at radius 2 is 1.67 bits per heavy atom. The lowest BCUT2D eigenvalue weighted by atomic mass is 10.0. The first-order chi connectivity index (χ1) is 10.2. The van der Waals surface area contributed by atoms with Crippen LogP contribution >= 0.6 is 0 Å². The maximum absolute atomic E-state index is 12.5. The molecule has 1 saturated heterocycles. The van der Waals surface area contributed by atoms with Crippen LogP contribution in [0.2, 0.25) is 0 Å². The summed E-state index contributed by atoms with van der Waals surface area (Å²) in [5.41, 5.74) is 8.98. The molecule has 1 fully saturated rings. The van der Waals surface area contributed by atoms with Gasteiger partial charge in [-0.3, -0.25) is 4.79 Å². The molecule has 1 atom stereocenters. The van der Waals surface area contributed by atoms with Gasteiger partial charge in [0.15, 0.2) is 0 Å². The van der Waals surface area contributed by atoms with Crippen molar-refractivity contribution in [3.63, 3.8) is 0 Å². The first-order valence-corrected chi connectivity index (χ1v) is 7.44. The molecule has 2 N–H and O–H groups in total. The molecule has 2 aromatic rings. The van der Waals surface area contributed by atoms with Crippen LogP contribution in [0.3, 0.4) is 0 Å². The van der Waals surface area contributed by atoms with Crippen molar-refractivity contribution in [1.82, 2.24) is 4.90 Å². The van der Waals surface area contributed by atoms with Crippen molar-refractivity contribution >= 4 is 5.91 Å². The van der Waals surface area contributed by atoms with Gasteiger partial charge in [0, 0.05) is 24.7 Å². The number of carbonyl (C=O) groups is 1. The summed E-state index contributed by atoms with van der Waals surface area (Å²) in [6.07, 6.45) is 2.01. The maximum Gasteiger partial charge on any atom is 0.253 e. The Hall–Kier alpha value is -2.13. The van der Waals surface area contributed by atoms with E-state index >= 15 is 0 Å². The molecule has 0 aliphatic carbocycles. The van der Waals surface area contributed by atoms with Crippen molar-refractivity contribution < 1.29 is 4.79 Å². The fourth-order valence-electron chi connectivity index (χ4n) is 2.81. The summed E-state index contributed by atoms with van der Waals surface area (Å²) in [7, 11) is 0. The van der Waals surface area contributed by atoms with Crippen LogP contribution in [-0.2, 0) is 0 Å². The molecule has 3 rings (SSSR count). The molecule has 2 aromatic carbocycles. The predicted octanol–water partition coefficient (Wildman–Crippen LogP) is 2.92. The molecular formula is C18H20N2O. The zero-order chi connectivity index (χ0) is 14.7. The summed E-state index contributed by atoms with van der Waals surface area (Å²) in [6, 6.07) is 18.1. The zero-order valence-electron chi connectivity index (χ0n) is 12.0. The summed E-state index contributed by atoms with van der Waals surface area (Å²) in [5, 5.41) is 0. The summed E-state index contributed by atoms with van der Waals surface area (Å²) in [6.45, 7) is 1.48. The summed E-state index contributed by atoms with van der Waals surface area (Å²) in [4.78, 5) is 14.3. The molecule has 0 saturated carbocycles. The number of likely N-dealkylation sites (tertiary alicyclic amines) is 1. The molecule has 1 unspecified atom stereocenters. The van der Waals surface area contributed by atoms with Gasteiger partial charge in [0.25, 0.3) is 5.91 Å². The largest absolute Gasteiger partial charge is 0.337 e. The summed E-state index contributed by atoms with van der Waals surface area (Å²) < 4.78 is 0. The highest BCUT2D eigenvalue weighted by Crippen LogP contribution is 2.20. The Balaban J connectivity index is 1.76. The van der Waals surface area contributed by atoms with Crippen molar-refractivity contribution in [1.29, 1.82) is 0 Å². The quantitative estimate of drug-likeness (QED) is 0.919. The molecule has 0 spiro atoms. The van der Waals surface area contributed by atoms with E-state index in [-0.39, 0.29) is 11.9 Å². The van der Waals surface area contributed by atoms with Crippen LogP contribution in [0.25, 0.3) is 11.1 Å². The lowest BCUT2D eigenvalue weighted by Gasteiger charge is -2.30. The van der Waals surface area contributed by atoms with E-state index in [4.69, 9.17) is 5.73 Å². The van der Waals surface area contributed by atoms with E-state index in [1.165, 1.54) is 0 Å². The predicted molar refractivity (Wildman–Crippen MR) is 85.0 cm³/mol. The average Bonchev–Trinajstić information content (AvgIpc) is 2.55. The van der Waals surface area contributed by atoms with Crippen LogP contribution in [0.1, 0.15) is 23.2 Å². The number of amides is 1. The fraction of sp³-hybridized carbons (Fsp3) is 0.278. The molecule has 1 aliphatic rings. The second-order valence-corrected chi connectivity index (χ2v) is 5.60. The monoisotopic (exact) mass is 280 g/mol. The van der Waals surface area contributed by atoms with Crippen molar-refractivity contribution in [3.8, 4) is 11.1 Å². The summed E-state index contributed by atoms with van der Waals surface area (Å²) in [5.74, 6) is 0.0877. The molecule has 3 nitrogen and oxygen atoms in total. The van der Waals surface area contributed by atoms with Gasteiger partial charge in [0.1, 0.15) is 0 Å². The molecular weight excluding hydrogens is 260 g/mol. The standard InChI is InChI=1S/C18H20N2O/c19-17-7-4-12-20(13-17)18(21)16-10-8-15(9-11-16)14-5-2-1-3-6-14/h1-3,5-6,8-11,17H,4,7,12-13,19H2. The second kappa shape index (κ2) is 6.10. The van der Waals surface area contributed by atoms with Crippen LogP contribution < -0.4 is 5.73 Å². The van der Waals surface area contributed by atoms with Crippen LogP contribution in [-0.4, -0.2) is 29.9 Å². The fourth-order valence-corrected chi connectivity index (χ4v) is 2.81. The van der Waals surface area contributed by atoms with E-state index in [9.17, 15) is 4.79 Å². The lowest BCUT2D eigenvalue weighted by molar-refractivity contribution is 0.0709. The molecule has 1 heterocycles. The SMILES string of the molecule is NC1CCCN(C(=O)c2ccc(-c3ccccc3)cc2)C1. The van der Waals surface area contributed by atoms with Crippen molar-refractivity contribution in [2.45, 2.75) is 18.9 Å². The van der Waals surface area contributed by atoms with E-state index in [2.05, 4.69) is 12.1 Å². The van der Waals surface area contributed by atoms with Crippen molar-refractivity contribution in [3.05, 3.63) is 60.2 Å². The smallest absolute Gasteiger partial charge is 0.253 e. The minimum Gasteiger partial charge on any atom is -0.337 e.